The van der Waals surface area contributed by atoms with Crippen molar-refractivity contribution >= 4 is 21.4 Å². The number of nitrogens with two attached hydrogens (primary N) is 1. The van der Waals surface area contributed by atoms with Crippen molar-refractivity contribution in [2.24, 2.45) is 5.14 Å². The first-order chi connectivity index (χ1) is 12.8. The summed E-state index contributed by atoms with van der Waals surface area (Å²) in [6.07, 6.45) is 1.71. The molecule has 1 fully saturated rings. The third-order valence-electron chi connectivity index (χ3n) is 5.31. The number of primary sulfonamides is 1. The quantitative estimate of drug-likeness (QED) is 0.633. The maximum atomic E-state index is 11.6. The number of nitro benzene ring substituents is 1. The van der Waals surface area contributed by atoms with Gasteiger partial charge in [-0.2, -0.15) is 0 Å². The van der Waals surface area contributed by atoms with Gasteiger partial charge in [0, 0.05) is 12.6 Å². The van der Waals surface area contributed by atoms with Crippen LogP contribution in [0.25, 0.3) is 0 Å². The topological polar surface area (TPSA) is 116 Å². The fourth-order valence-corrected chi connectivity index (χ4v) is 4.59. The van der Waals surface area contributed by atoms with Crippen molar-refractivity contribution in [2.75, 3.05) is 24.6 Å². The number of rotatable bonds is 3. The third kappa shape index (κ3) is 3.07. The molecule has 0 saturated carbocycles. The molecule has 1 heterocycles. The van der Waals surface area contributed by atoms with Gasteiger partial charge in [-0.1, -0.05) is 24.3 Å². The van der Waals surface area contributed by atoms with Crippen LogP contribution in [0.3, 0.4) is 0 Å². The maximum Gasteiger partial charge on any atom is 0.293 e. The second-order valence-corrected chi connectivity index (χ2v) is 8.44. The molecule has 27 heavy (non-hydrogen) atoms. The molecule has 2 aromatic rings. The van der Waals surface area contributed by atoms with Gasteiger partial charge in [-0.15, -0.1) is 0 Å². The molecule has 1 aliphatic heterocycles. The molecule has 0 radical (unpaired) electrons. The van der Waals surface area contributed by atoms with Crippen LogP contribution < -0.4 is 10.0 Å². The van der Waals surface area contributed by atoms with Gasteiger partial charge in [0.2, 0.25) is 10.0 Å². The number of ether oxygens (including phenoxy) is 1. The van der Waals surface area contributed by atoms with Crippen molar-refractivity contribution in [1.82, 2.24) is 0 Å². The van der Waals surface area contributed by atoms with Gasteiger partial charge >= 0.3 is 0 Å². The number of morpholine rings is 1. The van der Waals surface area contributed by atoms with Crippen LogP contribution in [0.1, 0.15) is 17.5 Å². The summed E-state index contributed by atoms with van der Waals surface area (Å²) >= 11 is 0. The number of sulfonamides is 1. The molecule has 4 rings (SSSR count). The monoisotopic (exact) mass is 389 g/mol. The highest BCUT2D eigenvalue weighted by molar-refractivity contribution is 7.89. The molecular weight excluding hydrogens is 370 g/mol. The molecule has 1 spiro atoms. The summed E-state index contributed by atoms with van der Waals surface area (Å²) in [5.74, 6) is 0. The van der Waals surface area contributed by atoms with Crippen molar-refractivity contribution in [2.45, 2.75) is 23.3 Å². The van der Waals surface area contributed by atoms with E-state index in [9.17, 15) is 18.5 Å². The Bertz CT molecular complexity index is 1020. The summed E-state index contributed by atoms with van der Waals surface area (Å²) in [6.45, 7) is 1.39. The summed E-state index contributed by atoms with van der Waals surface area (Å²) in [5.41, 5.74) is 1.96. The number of anilines is 1. The Morgan fingerprint density at radius 3 is 2.74 bits per heavy atom. The first kappa shape index (κ1) is 17.9. The summed E-state index contributed by atoms with van der Waals surface area (Å²) < 4.78 is 29.3. The molecule has 142 valence electrons. The molecule has 2 aromatic carbocycles. The average Bonchev–Trinajstić information content (AvgIpc) is 2.99. The Morgan fingerprint density at radius 2 is 2.00 bits per heavy atom. The SMILES string of the molecule is NS(=O)(=O)c1ccc(N2CCOC3(CCc4ccccc43)C2)c([N+](=O)[O-])c1. The second-order valence-electron chi connectivity index (χ2n) is 6.87. The van der Waals surface area contributed by atoms with Gasteiger partial charge in [0.15, 0.2) is 0 Å². The minimum absolute atomic E-state index is 0.271. The van der Waals surface area contributed by atoms with Gasteiger partial charge in [-0.3, -0.25) is 10.1 Å². The fourth-order valence-electron chi connectivity index (χ4n) is 4.05. The highest BCUT2D eigenvalue weighted by atomic mass is 32.2. The van der Waals surface area contributed by atoms with E-state index in [1.54, 1.807) is 0 Å². The second kappa shape index (κ2) is 6.29. The number of hydrogen-bond donors (Lipinski definition) is 1. The van der Waals surface area contributed by atoms with Crippen LogP contribution >= 0.6 is 0 Å². The lowest BCUT2D eigenvalue weighted by Crippen LogP contribution is -2.49. The number of benzene rings is 2. The van der Waals surface area contributed by atoms with Crippen molar-refractivity contribution < 1.29 is 18.1 Å². The minimum atomic E-state index is -4.02. The molecule has 2 N–H and O–H groups in total. The van der Waals surface area contributed by atoms with Crippen LogP contribution in [-0.4, -0.2) is 33.0 Å². The Labute approximate surface area is 156 Å². The number of nitro groups is 1. The standard InChI is InChI=1S/C18H19N3O5S/c19-27(24,25)14-5-6-16(17(11-14)21(22)23)20-9-10-26-18(12-20)8-7-13-3-1-2-4-15(13)18/h1-6,11H,7-10,12H2,(H2,19,24,25). The van der Waals surface area contributed by atoms with E-state index in [0.29, 0.717) is 25.4 Å². The highest BCUT2D eigenvalue weighted by Gasteiger charge is 2.44. The molecule has 0 aromatic heterocycles. The van der Waals surface area contributed by atoms with Crippen LogP contribution in [0.5, 0.6) is 0 Å². The van der Waals surface area contributed by atoms with E-state index in [1.807, 2.05) is 23.1 Å². The summed E-state index contributed by atoms with van der Waals surface area (Å²) in [6, 6.07) is 11.9. The van der Waals surface area contributed by atoms with E-state index >= 15 is 0 Å². The zero-order valence-electron chi connectivity index (χ0n) is 14.5. The molecule has 8 nitrogen and oxygen atoms in total. The van der Waals surface area contributed by atoms with Gasteiger partial charge in [-0.25, -0.2) is 13.6 Å². The van der Waals surface area contributed by atoms with Gasteiger partial charge in [-0.05, 0) is 36.1 Å². The zero-order valence-corrected chi connectivity index (χ0v) is 15.3. The number of fused-ring (bicyclic) bond motifs is 2. The Balaban J connectivity index is 1.73. The molecule has 0 bridgehead atoms. The summed E-state index contributed by atoms with van der Waals surface area (Å²) in [4.78, 5) is 12.6. The van der Waals surface area contributed by atoms with E-state index in [2.05, 4.69) is 6.07 Å². The summed E-state index contributed by atoms with van der Waals surface area (Å²) in [7, 11) is -4.02. The van der Waals surface area contributed by atoms with E-state index in [-0.39, 0.29) is 10.6 Å². The Hall–Kier alpha value is -2.49. The normalized spacial score (nSPS) is 22.0. The minimum Gasteiger partial charge on any atom is -0.367 e. The lowest BCUT2D eigenvalue weighted by Gasteiger charge is -2.42. The molecule has 1 unspecified atom stereocenters. The number of hydrogen-bond acceptors (Lipinski definition) is 6. The molecule has 1 atom stereocenters. The largest absolute Gasteiger partial charge is 0.367 e. The molecule has 0 amide bonds. The fraction of sp³-hybridized carbons (Fsp3) is 0.333. The Kier molecular flexibility index (Phi) is 4.17. The number of aryl methyl sites for hydroxylation is 1. The lowest BCUT2D eigenvalue weighted by molar-refractivity contribution is -0.384. The molecular formula is C18H19N3O5S. The first-order valence-corrected chi connectivity index (χ1v) is 10.1. The van der Waals surface area contributed by atoms with Crippen molar-refractivity contribution in [3.63, 3.8) is 0 Å². The van der Waals surface area contributed by atoms with E-state index in [4.69, 9.17) is 9.88 Å². The van der Waals surface area contributed by atoms with Crippen molar-refractivity contribution in [1.29, 1.82) is 0 Å². The molecule has 1 aliphatic carbocycles. The molecule has 9 heteroatoms. The van der Waals surface area contributed by atoms with Crippen molar-refractivity contribution in [3.8, 4) is 0 Å². The smallest absolute Gasteiger partial charge is 0.293 e. The van der Waals surface area contributed by atoms with Gasteiger partial charge in [0.05, 0.1) is 23.0 Å². The van der Waals surface area contributed by atoms with E-state index in [1.165, 1.54) is 17.7 Å². The van der Waals surface area contributed by atoms with Crippen LogP contribution in [0, 0.1) is 10.1 Å². The van der Waals surface area contributed by atoms with Gasteiger partial charge < -0.3 is 9.64 Å². The van der Waals surface area contributed by atoms with Gasteiger partial charge in [0.25, 0.3) is 5.69 Å². The maximum absolute atomic E-state index is 11.6. The predicted molar refractivity (Wildman–Crippen MR) is 99.1 cm³/mol. The van der Waals surface area contributed by atoms with Crippen LogP contribution in [0.2, 0.25) is 0 Å². The zero-order chi connectivity index (χ0) is 19.2. The lowest BCUT2D eigenvalue weighted by atomic mass is 9.93. The van der Waals surface area contributed by atoms with E-state index < -0.39 is 20.5 Å². The van der Waals surface area contributed by atoms with Crippen LogP contribution in [0.4, 0.5) is 11.4 Å². The predicted octanol–water partition coefficient (Wildman–Crippen LogP) is 1.92. The van der Waals surface area contributed by atoms with Gasteiger partial charge in [0.1, 0.15) is 11.3 Å². The molecule has 2 aliphatic rings. The summed E-state index contributed by atoms with van der Waals surface area (Å²) in [5, 5.41) is 16.7. The molecule has 1 saturated heterocycles. The first-order valence-electron chi connectivity index (χ1n) is 8.59. The van der Waals surface area contributed by atoms with Crippen LogP contribution in [-0.2, 0) is 26.8 Å². The Morgan fingerprint density at radius 1 is 1.22 bits per heavy atom. The highest BCUT2D eigenvalue weighted by Crippen LogP contribution is 2.44. The van der Waals surface area contributed by atoms with Crippen LogP contribution in [0.15, 0.2) is 47.4 Å². The third-order valence-corrected chi connectivity index (χ3v) is 6.22. The number of nitrogens with zero attached hydrogens (tertiary/aromatic N) is 2. The average molecular weight is 389 g/mol. The van der Waals surface area contributed by atoms with Crippen molar-refractivity contribution in [3.05, 3.63) is 63.7 Å². The van der Waals surface area contributed by atoms with E-state index in [0.717, 1.165) is 24.5 Å².